The van der Waals surface area contributed by atoms with Crippen molar-refractivity contribution in [2.75, 3.05) is 0 Å². The number of carbonyl (C=O) groups excluding carboxylic acids is 1. The van der Waals surface area contributed by atoms with Crippen LogP contribution in [0, 0.1) is 5.92 Å². The Bertz CT molecular complexity index is 361. The van der Waals surface area contributed by atoms with Gasteiger partial charge in [-0.25, -0.2) is 0 Å². The summed E-state index contributed by atoms with van der Waals surface area (Å²) in [4.78, 5) is 13.3. The van der Waals surface area contributed by atoms with Crippen molar-refractivity contribution in [3.05, 3.63) is 22.4 Å². The molecule has 2 rings (SSSR count). The largest absolute Gasteiger partial charge is 0.353 e. The van der Waals surface area contributed by atoms with Crippen LogP contribution in [0.5, 0.6) is 0 Å². The molecular weight excluding hydrogens is 242 g/mol. The van der Waals surface area contributed by atoms with E-state index >= 15 is 0 Å². The first-order chi connectivity index (χ1) is 8.75. The highest BCUT2D eigenvalue weighted by molar-refractivity contribution is 7.09. The van der Waals surface area contributed by atoms with E-state index in [2.05, 4.69) is 29.8 Å². The molecule has 0 aromatic carbocycles. The highest BCUT2D eigenvalue weighted by atomic mass is 32.1. The lowest BCUT2D eigenvalue weighted by Crippen LogP contribution is -2.40. The maximum Gasteiger partial charge on any atom is 0.220 e. The van der Waals surface area contributed by atoms with E-state index in [1.54, 1.807) is 11.3 Å². The maximum absolute atomic E-state index is 11.9. The van der Waals surface area contributed by atoms with Crippen molar-refractivity contribution in [3.8, 4) is 0 Å². The van der Waals surface area contributed by atoms with Gasteiger partial charge < -0.3 is 5.32 Å². The Morgan fingerprint density at radius 2 is 2.28 bits per heavy atom. The second kappa shape index (κ2) is 6.93. The quantitative estimate of drug-likeness (QED) is 0.863. The number of carbonyl (C=O) groups is 1. The second-order valence-corrected chi connectivity index (χ2v) is 6.40. The van der Waals surface area contributed by atoms with Gasteiger partial charge >= 0.3 is 0 Å². The molecule has 1 aromatic rings. The summed E-state index contributed by atoms with van der Waals surface area (Å²) < 4.78 is 0. The fourth-order valence-corrected chi connectivity index (χ4v) is 3.44. The van der Waals surface area contributed by atoms with E-state index in [1.165, 1.54) is 24.1 Å². The molecule has 100 valence electrons. The van der Waals surface area contributed by atoms with Gasteiger partial charge in [0.25, 0.3) is 0 Å². The second-order valence-electron chi connectivity index (χ2n) is 5.37. The van der Waals surface area contributed by atoms with E-state index in [9.17, 15) is 4.79 Å². The van der Waals surface area contributed by atoms with Gasteiger partial charge in [0.05, 0.1) is 0 Å². The average Bonchev–Trinajstić information content (AvgIpc) is 2.85. The molecule has 2 unspecified atom stereocenters. The smallest absolute Gasteiger partial charge is 0.220 e. The summed E-state index contributed by atoms with van der Waals surface area (Å²) in [6.45, 7) is 2.26. The third-order valence-corrected chi connectivity index (χ3v) is 4.80. The number of amides is 1. The third kappa shape index (κ3) is 4.13. The lowest BCUT2D eigenvalue weighted by molar-refractivity contribution is -0.122. The van der Waals surface area contributed by atoms with Gasteiger partial charge in [-0.05, 0) is 43.0 Å². The molecule has 3 heteroatoms. The predicted molar refractivity (Wildman–Crippen MR) is 76.8 cm³/mol. The molecule has 1 heterocycles. The molecule has 0 radical (unpaired) electrons. The van der Waals surface area contributed by atoms with Crippen molar-refractivity contribution >= 4 is 17.2 Å². The van der Waals surface area contributed by atoms with E-state index in [1.807, 2.05) is 0 Å². The zero-order valence-corrected chi connectivity index (χ0v) is 12.0. The van der Waals surface area contributed by atoms with Crippen molar-refractivity contribution in [1.82, 2.24) is 5.32 Å². The fourth-order valence-electron chi connectivity index (χ4n) is 2.69. The van der Waals surface area contributed by atoms with Gasteiger partial charge in [-0.1, -0.05) is 25.8 Å². The molecule has 1 saturated carbocycles. The molecule has 1 N–H and O–H groups in total. The van der Waals surface area contributed by atoms with Crippen molar-refractivity contribution in [1.29, 1.82) is 0 Å². The Hall–Kier alpha value is -0.830. The van der Waals surface area contributed by atoms with Gasteiger partial charge in [0.1, 0.15) is 0 Å². The first kappa shape index (κ1) is 13.6. The highest BCUT2D eigenvalue weighted by Gasteiger charge is 2.22. The fraction of sp³-hybridized carbons (Fsp3) is 0.667. The van der Waals surface area contributed by atoms with Crippen LogP contribution in [0.15, 0.2) is 17.5 Å². The molecule has 0 bridgehead atoms. The Kier molecular flexibility index (Phi) is 5.24. The number of hydrogen-bond donors (Lipinski definition) is 1. The molecule has 1 aliphatic rings. The molecule has 1 aliphatic carbocycles. The van der Waals surface area contributed by atoms with E-state index in [0.29, 0.717) is 18.4 Å². The first-order valence-electron chi connectivity index (χ1n) is 7.07. The van der Waals surface area contributed by atoms with E-state index in [-0.39, 0.29) is 5.91 Å². The zero-order chi connectivity index (χ0) is 12.8. The summed E-state index contributed by atoms with van der Waals surface area (Å²) in [6, 6.07) is 4.64. The molecule has 0 spiro atoms. The monoisotopic (exact) mass is 265 g/mol. The Morgan fingerprint density at radius 1 is 1.44 bits per heavy atom. The molecule has 1 fully saturated rings. The van der Waals surface area contributed by atoms with E-state index in [4.69, 9.17) is 0 Å². The summed E-state index contributed by atoms with van der Waals surface area (Å²) in [5.74, 6) is 0.894. The number of thiophene rings is 1. The van der Waals surface area contributed by atoms with Crippen LogP contribution in [0.3, 0.4) is 0 Å². The number of aryl methyl sites for hydroxylation is 1. The van der Waals surface area contributed by atoms with Gasteiger partial charge in [-0.3, -0.25) is 4.79 Å². The molecule has 0 saturated heterocycles. The molecule has 1 aromatic heterocycles. The normalized spacial score (nSPS) is 23.8. The topological polar surface area (TPSA) is 29.1 Å². The molecule has 18 heavy (non-hydrogen) atoms. The van der Waals surface area contributed by atoms with E-state index in [0.717, 1.165) is 19.3 Å². The molecular formula is C15H23NOS. The average molecular weight is 265 g/mol. The molecule has 1 amide bonds. The lowest BCUT2D eigenvalue weighted by atomic mass is 9.86. The molecule has 0 aliphatic heterocycles. The minimum atomic E-state index is 0.241. The highest BCUT2D eigenvalue weighted by Crippen LogP contribution is 2.23. The van der Waals surface area contributed by atoms with Crippen LogP contribution in [0.2, 0.25) is 0 Å². The summed E-state index contributed by atoms with van der Waals surface area (Å²) in [6.07, 6.45) is 7.69. The van der Waals surface area contributed by atoms with Gasteiger partial charge in [0, 0.05) is 17.3 Å². The zero-order valence-electron chi connectivity index (χ0n) is 11.2. The van der Waals surface area contributed by atoms with Gasteiger partial charge in [-0.15, -0.1) is 11.3 Å². The van der Waals surface area contributed by atoms with Crippen LogP contribution in [0.1, 0.15) is 50.3 Å². The number of rotatable bonds is 5. The Balaban J connectivity index is 1.65. The molecule has 2 nitrogen and oxygen atoms in total. The summed E-state index contributed by atoms with van der Waals surface area (Å²) in [7, 11) is 0. The first-order valence-corrected chi connectivity index (χ1v) is 7.95. The molecule has 2 atom stereocenters. The van der Waals surface area contributed by atoms with Crippen LogP contribution in [-0.4, -0.2) is 11.9 Å². The predicted octanol–water partition coefficient (Wildman–Crippen LogP) is 3.77. The Morgan fingerprint density at radius 3 is 3.00 bits per heavy atom. The minimum Gasteiger partial charge on any atom is -0.353 e. The SMILES string of the molecule is CC1CCCCC1NC(=O)CCCc1cccs1. The summed E-state index contributed by atoms with van der Waals surface area (Å²) in [5.41, 5.74) is 0. The summed E-state index contributed by atoms with van der Waals surface area (Å²) in [5, 5.41) is 5.31. The van der Waals surface area contributed by atoms with Gasteiger partial charge in [0.2, 0.25) is 5.91 Å². The van der Waals surface area contributed by atoms with Crippen molar-refractivity contribution < 1.29 is 4.79 Å². The third-order valence-electron chi connectivity index (χ3n) is 3.86. The van der Waals surface area contributed by atoms with Crippen molar-refractivity contribution in [2.45, 2.75) is 57.9 Å². The van der Waals surface area contributed by atoms with Gasteiger partial charge in [0.15, 0.2) is 0 Å². The van der Waals surface area contributed by atoms with Gasteiger partial charge in [-0.2, -0.15) is 0 Å². The van der Waals surface area contributed by atoms with Crippen LogP contribution in [-0.2, 0) is 11.2 Å². The van der Waals surface area contributed by atoms with Crippen LogP contribution >= 0.6 is 11.3 Å². The number of hydrogen-bond acceptors (Lipinski definition) is 2. The standard InChI is InChI=1S/C15H23NOS/c1-12-6-2-3-9-14(12)16-15(17)10-4-7-13-8-5-11-18-13/h5,8,11-12,14H,2-4,6-7,9-10H2,1H3,(H,16,17). The van der Waals surface area contributed by atoms with Crippen molar-refractivity contribution in [2.24, 2.45) is 5.92 Å². The van der Waals surface area contributed by atoms with Crippen LogP contribution < -0.4 is 5.32 Å². The van der Waals surface area contributed by atoms with E-state index < -0.39 is 0 Å². The lowest BCUT2D eigenvalue weighted by Gasteiger charge is -2.29. The Labute approximate surface area is 114 Å². The number of nitrogens with one attached hydrogen (secondary N) is 1. The maximum atomic E-state index is 11.9. The van der Waals surface area contributed by atoms with Crippen molar-refractivity contribution in [3.63, 3.8) is 0 Å². The van der Waals surface area contributed by atoms with Crippen LogP contribution in [0.4, 0.5) is 0 Å². The summed E-state index contributed by atoms with van der Waals surface area (Å²) >= 11 is 1.78. The van der Waals surface area contributed by atoms with Crippen LogP contribution in [0.25, 0.3) is 0 Å². The minimum absolute atomic E-state index is 0.241.